The fourth-order valence-corrected chi connectivity index (χ4v) is 3.95. The van der Waals surface area contributed by atoms with Gasteiger partial charge in [0, 0.05) is 11.1 Å². The van der Waals surface area contributed by atoms with Gasteiger partial charge in [0.25, 0.3) is 0 Å². The minimum absolute atomic E-state index is 0.0494. The first kappa shape index (κ1) is 18.6. The van der Waals surface area contributed by atoms with Crippen molar-refractivity contribution in [2.75, 3.05) is 0 Å². The van der Waals surface area contributed by atoms with Crippen molar-refractivity contribution in [1.29, 1.82) is 0 Å². The third kappa shape index (κ3) is 2.92. The summed E-state index contributed by atoms with van der Waals surface area (Å²) in [7, 11) is 0. The van der Waals surface area contributed by atoms with Crippen LogP contribution in [0.5, 0.6) is 0 Å². The van der Waals surface area contributed by atoms with Crippen molar-refractivity contribution in [3.8, 4) is 0 Å². The molecule has 0 aliphatic heterocycles. The number of fused-ring (bicyclic) bond motifs is 1. The van der Waals surface area contributed by atoms with Crippen LogP contribution in [0.4, 0.5) is 0 Å². The lowest BCUT2D eigenvalue weighted by atomic mass is 9.78. The highest BCUT2D eigenvalue weighted by Gasteiger charge is 2.42. The van der Waals surface area contributed by atoms with E-state index in [0.29, 0.717) is 17.0 Å². The molecule has 0 saturated carbocycles. The van der Waals surface area contributed by atoms with Crippen LogP contribution in [0.15, 0.2) is 36.4 Å². The Balaban J connectivity index is 2.28. The Kier molecular flexibility index (Phi) is 4.88. The maximum absolute atomic E-state index is 13.2. The van der Waals surface area contributed by atoms with Gasteiger partial charge in [-0.05, 0) is 40.0 Å². The molecule has 2 aromatic rings. The Morgan fingerprint density at radius 2 is 1.12 bits per heavy atom. The number of benzene rings is 2. The second kappa shape index (κ2) is 6.83. The lowest BCUT2D eigenvalue weighted by Gasteiger charge is -2.25. The van der Waals surface area contributed by atoms with Gasteiger partial charge in [-0.15, -0.1) is 0 Å². The summed E-state index contributed by atoms with van der Waals surface area (Å²) >= 11 is 0. The molecule has 0 saturated heterocycles. The van der Waals surface area contributed by atoms with E-state index >= 15 is 0 Å². The third-order valence-corrected chi connectivity index (χ3v) is 5.45. The summed E-state index contributed by atoms with van der Waals surface area (Å²) in [6, 6.07) is 11.6. The Hall–Kier alpha value is -2.22. The molecule has 0 atom stereocenters. The van der Waals surface area contributed by atoms with Gasteiger partial charge >= 0.3 is 0 Å². The van der Waals surface area contributed by atoms with Gasteiger partial charge in [0.1, 0.15) is 5.92 Å². The van der Waals surface area contributed by atoms with E-state index < -0.39 is 5.92 Å². The quantitative estimate of drug-likeness (QED) is 0.615. The predicted octanol–water partition coefficient (Wildman–Crippen LogP) is 6.22. The molecule has 3 rings (SSSR count). The fourth-order valence-electron chi connectivity index (χ4n) is 3.95. The van der Waals surface area contributed by atoms with E-state index in [-0.39, 0.29) is 23.4 Å². The second-order valence-corrected chi connectivity index (χ2v) is 8.28. The minimum atomic E-state index is -0.691. The van der Waals surface area contributed by atoms with Crippen molar-refractivity contribution in [2.45, 2.75) is 65.2 Å². The molecule has 0 fully saturated rings. The number of carbonyl (C=O) groups excluding carboxylic acids is 2. The van der Waals surface area contributed by atoms with Crippen molar-refractivity contribution < 1.29 is 9.59 Å². The molecular weight excluding hydrogens is 320 g/mol. The molecule has 2 heteroatoms. The topological polar surface area (TPSA) is 34.1 Å². The lowest BCUT2D eigenvalue weighted by Crippen LogP contribution is -2.19. The number of hydrogen-bond acceptors (Lipinski definition) is 2. The first-order chi connectivity index (χ1) is 12.2. The average Bonchev–Trinajstić information content (AvgIpc) is 2.85. The van der Waals surface area contributed by atoms with E-state index in [1.165, 1.54) is 5.56 Å². The predicted molar refractivity (Wildman–Crippen MR) is 107 cm³/mol. The van der Waals surface area contributed by atoms with Gasteiger partial charge in [-0.2, -0.15) is 0 Å². The average molecular weight is 348 g/mol. The van der Waals surface area contributed by atoms with Crippen LogP contribution >= 0.6 is 0 Å². The Morgan fingerprint density at radius 1 is 0.692 bits per heavy atom. The van der Waals surface area contributed by atoms with Crippen LogP contribution < -0.4 is 0 Å². The molecule has 1 aliphatic carbocycles. The number of ketones is 2. The van der Waals surface area contributed by atoms with Gasteiger partial charge in [-0.1, -0.05) is 77.9 Å². The first-order valence-electron chi connectivity index (χ1n) is 9.59. The molecule has 1 aliphatic rings. The maximum atomic E-state index is 13.2. The van der Waals surface area contributed by atoms with Gasteiger partial charge in [-0.25, -0.2) is 0 Å². The molecule has 0 amide bonds. The van der Waals surface area contributed by atoms with Crippen LogP contribution in [0.3, 0.4) is 0 Å². The van der Waals surface area contributed by atoms with E-state index in [4.69, 9.17) is 0 Å². The number of hydrogen-bond donors (Lipinski definition) is 0. The van der Waals surface area contributed by atoms with E-state index in [0.717, 1.165) is 16.7 Å². The highest BCUT2D eigenvalue weighted by Crippen LogP contribution is 2.42. The molecule has 0 aromatic heterocycles. The molecule has 26 heavy (non-hydrogen) atoms. The summed E-state index contributed by atoms with van der Waals surface area (Å²) in [4.78, 5) is 26.3. The summed E-state index contributed by atoms with van der Waals surface area (Å²) in [5.74, 6) is 0.129. The molecule has 0 bridgehead atoms. The first-order valence-corrected chi connectivity index (χ1v) is 9.59. The molecule has 0 radical (unpaired) electrons. The van der Waals surface area contributed by atoms with Gasteiger partial charge in [-0.3, -0.25) is 9.59 Å². The minimum Gasteiger partial charge on any atom is -0.293 e. The van der Waals surface area contributed by atoms with Crippen molar-refractivity contribution in [3.63, 3.8) is 0 Å². The molecule has 136 valence electrons. The zero-order valence-electron chi connectivity index (χ0n) is 16.6. The zero-order valence-corrected chi connectivity index (χ0v) is 16.6. The van der Waals surface area contributed by atoms with Crippen LogP contribution in [0.25, 0.3) is 0 Å². The molecular formula is C24H28O2. The highest BCUT2D eigenvalue weighted by atomic mass is 16.2. The molecule has 2 aromatic carbocycles. The van der Waals surface area contributed by atoms with Crippen molar-refractivity contribution in [3.05, 3.63) is 69.8 Å². The standard InChI is InChI=1S/C24H28O2/c1-13(2)16-11-19(14(3)4)21(20(12-16)15(5)6)22-23(25)17-9-7-8-10-18(17)24(22)26/h7-15,22H,1-6H3. The van der Waals surface area contributed by atoms with Crippen LogP contribution in [0, 0.1) is 0 Å². The summed E-state index contributed by atoms with van der Waals surface area (Å²) in [6.07, 6.45) is 0. The van der Waals surface area contributed by atoms with Crippen molar-refractivity contribution >= 4 is 11.6 Å². The van der Waals surface area contributed by atoms with Crippen LogP contribution in [-0.4, -0.2) is 11.6 Å². The largest absolute Gasteiger partial charge is 0.293 e. The summed E-state index contributed by atoms with van der Waals surface area (Å²) < 4.78 is 0. The molecule has 0 spiro atoms. The molecule has 0 unspecified atom stereocenters. The molecule has 0 heterocycles. The second-order valence-electron chi connectivity index (χ2n) is 8.28. The third-order valence-electron chi connectivity index (χ3n) is 5.45. The van der Waals surface area contributed by atoms with Crippen molar-refractivity contribution in [2.24, 2.45) is 0 Å². The van der Waals surface area contributed by atoms with Gasteiger partial charge in [0.05, 0.1) is 0 Å². The van der Waals surface area contributed by atoms with Gasteiger partial charge in [0.15, 0.2) is 11.6 Å². The zero-order chi connectivity index (χ0) is 19.2. The van der Waals surface area contributed by atoms with E-state index in [1.54, 1.807) is 12.1 Å². The fraction of sp³-hybridized carbons (Fsp3) is 0.417. The van der Waals surface area contributed by atoms with Gasteiger partial charge in [0.2, 0.25) is 0 Å². The number of carbonyl (C=O) groups is 2. The lowest BCUT2D eigenvalue weighted by molar-refractivity contribution is 0.0889. The summed E-state index contributed by atoms with van der Waals surface area (Å²) in [5, 5.41) is 0. The van der Waals surface area contributed by atoms with E-state index in [2.05, 4.69) is 53.7 Å². The smallest absolute Gasteiger partial charge is 0.178 e. The highest BCUT2D eigenvalue weighted by molar-refractivity contribution is 6.30. The molecule has 0 N–H and O–H groups in total. The summed E-state index contributed by atoms with van der Waals surface area (Å²) in [5.41, 5.74) is 5.64. The van der Waals surface area contributed by atoms with Crippen LogP contribution in [0.2, 0.25) is 0 Å². The Bertz CT molecular complexity index is 808. The van der Waals surface area contributed by atoms with E-state index in [1.807, 2.05) is 12.1 Å². The van der Waals surface area contributed by atoms with Crippen LogP contribution in [-0.2, 0) is 0 Å². The number of rotatable bonds is 4. The SMILES string of the molecule is CC(C)c1cc(C(C)C)c(C2C(=O)c3ccccc3C2=O)c(C(C)C)c1. The molecule has 2 nitrogen and oxygen atoms in total. The van der Waals surface area contributed by atoms with E-state index in [9.17, 15) is 9.59 Å². The number of Topliss-reactive ketones (excluding diaryl/α,β-unsaturated/α-hetero) is 2. The Labute approximate surface area is 156 Å². The maximum Gasteiger partial charge on any atom is 0.178 e. The normalized spacial score (nSPS) is 14.8. The van der Waals surface area contributed by atoms with Crippen LogP contribution in [0.1, 0.15) is 108 Å². The Morgan fingerprint density at radius 3 is 1.46 bits per heavy atom. The van der Waals surface area contributed by atoms with Crippen molar-refractivity contribution in [1.82, 2.24) is 0 Å². The monoisotopic (exact) mass is 348 g/mol. The summed E-state index contributed by atoms with van der Waals surface area (Å²) in [6.45, 7) is 12.9. The van der Waals surface area contributed by atoms with Gasteiger partial charge < -0.3 is 0 Å².